The minimum atomic E-state index is -0.805. The van der Waals surface area contributed by atoms with Crippen molar-refractivity contribution in [1.82, 2.24) is 4.90 Å². The van der Waals surface area contributed by atoms with Gasteiger partial charge in [0.15, 0.2) is 22.9 Å². The Labute approximate surface area is 198 Å². The van der Waals surface area contributed by atoms with Gasteiger partial charge in [0.05, 0.1) is 12.7 Å². The number of aliphatic hydroxyl groups is 1. The molecule has 1 amide bonds. The van der Waals surface area contributed by atoms with E-state index in [-0.39, 0.29) is 23.7 Å². The van der Waals surface area contributed by atoms with Crippen molar-refractivity contribution >= 4 is 34.0 Å². The fraction of sp³-hybridized carbons (Fsp3) is 0.154. The zero-order valence-corrected chi connectivity index (χ0v) is 19.2. The van der Waals surface area contributed by atoms with Gasteiger partial charge in [0, 0.05) is 16.8 Å². The number of hydrogen-bond donors (Lipinski definition) is 1. The van der Waals surface area contributed by atoms with Crippen molar-refractivity contribution < 1.29 is 28.2 Å². The highest BCUT2D eigenvalue weighted by Gasteiger charge is 2.45. The number of hydrogen-bond acceptors (Lipinski definition) is 6. The fourth-order valence-electron chi connectivity index (χ4n) is 4.21. The van der Waals surface area contributed by atoms with Crippen molar-refractivity contribution in [2.75, 3.05) is 7.11 Å². The van der Waals surface area contributed by atoms with Gasteiger partial charge in [-0.05, 0) is 53.8 Å². The van der Waals surface area contributed by atoms with Gasteiger partial charge in [-0.2, -0.15) is 0 Å². The molecule has 172 valence electrons. The third-order valence-corrected chi connectivity index (χ3v) is 6.99. The summed E-state index contributed by atoms with van der Waals surface area (Å²) in [7, 11) is 1.51. The Morgan fingerprint density at radius 1 is 1.21 bits per heavy atom. The quantitative estimate of drug-likeness (QED) is 0.359. The lowest BCUT2D eigenvalue weighted by atomic mass is 9.98. The van der Waals surface area contributed by atoms with Crippen LogP contribution in [0.3, 0.4) is 0 Å². The summed E-state index contributed by atoms with van der Waals surface area (Å²) in [6.45, 7) is 1.98. The Hall–Kier alpha value is -3.91. The minimum absolute atomic E-state index is 0.00306. The highest BCUT2D eigenvalue weighted by molar-refractivity contribution is 7.10. The summed E-state index contributed by atoms with van der Waals surface area (Å²) in [4.78, 5) is 29.0. The van der Waals surface area contributed by atoms with E-state index in [1.165, 1.54) is 35.5 Å². The molecule has 0 spiro atoms. The highest BCUT2D eigenvalue weighted by atomic mass is 32.1. The van der Waals surface area contributed by atoms with Crippen molar-refractivity contribution in [3.63, 3.8) is 0 Å². The first kappa shape index (κ1) is 21.9. The standard InChI is InChI=1S/C26H20FNO5S/c1-14-10-11-34-25(14)21-20(22(29)19-12-16-4-3-5-18(32-2)24(16)33-19)23(30)26(31)28(21)13-15-6-8-17(27)9-7-15/h3-12,21,30H,13H2,1-2H3. The van der Waals surface area contributed by atoms with E-state index in [2.05, 4.69) is 0 Å². The summed E-state index contributed by atoms with van der Waals surface area (Å²) in [5, 5.41) is 13.4. The van der Waals surface area contributed by atoms with Gasteiger partial charge in [0.2, 0.25) is 5.78 Å². The van der Waals surface area contributed by atoms with Crippen molar-refractivity contribution in [2.24, 2.45) is 0 Å². The molecule has 0 radical (unpaired) electrons. The molecule has 1 N–H and O–H groups in total. The summed E-state index contributed by atoms with van der Waals surface area (Å²) < 4.78 is 24.5. The number of benzene rings is 2. The van der Waals surface area contributed by atoms with Crippen molar-refractivity contribution in [3.8, 4) is 5.75 Å². The Bertz CT molecular complexity index is 1450. The van der Waals surface area contributed by atoms with Crippen molar-refractivity contribution in [1.29, 1.82) is 0 Å². The number of carbonyl (C=O) groups is 2. The summed E-state index contributed by atoms with van der Waals surface area (Å²) in [5.74, 6) is -1.78. The lowest BCUT2D eigenvalue weighted by Crippen LogP contribution is -2.30. The van der Waals surface area contributed by atoms with Crippen LogP contribution in [0.25, 0.3) is 11.0 Å². The maximum absolute atomic E-state index is 13.7. The predicted octanol–water partition coefficient (Wildman–Crippen LogP) is 5.73. The number of Topliss-reactive ketones (excluding diaryl/α,β-unsaturated/α-hetero) is 1. The molecule has 0 aliphatic carbocycles. The van der Waals surface area contributed by atoms with Crippen LogP contribution < -0.4 is 4.74 Å². The third-order valence-electron chi connectivity index (χ3n) is 5.92. The largest absolute Gasteiger partial charge is 0.503 e. The van der Waals surface area contributed by atoms with Crippen LogP contribution in [-0.2, 0) is 11.3 Å². The Morgan fingerprint density at radius 3 is 2.65 bits per heavy atom. The third kappa shape index (κ3) is 3.56. The molecule has 1 unspecified atom stereocenters. The molecule has 2 aromatic carbocycles. The topological polar surface area (TPSA) is 80.0 Å². The molecule has 1 aliphatic rings. The van der Waals surface area contributed by atoms with E-state index in [0.29, 0.717) is 22.3 Å². The van der Waals surface area contributed by atoms with Gasteiger partial charge in [-0.1, -0.05) is 24.3 Å². The number of rotatable bonds is 6. The predicted molar refractivity (Wildman–Crippen MR) is 125 cm³/mol. The number of aryl methyl sites for hydroxylation is 1. The van der Waals surface area contributed by atoms with Gasteiger partial charge in [0.1, 0.15) is 11.9 Å². The van der Waals surface area contributed by atoms with E-state index in [0.717, 1.165) is 10.4 Å². The van der Waals surface area contributed by atoms with E-state index in [4.69, 9.17) is 9.15 Å². The first-order chi connectivity index (χ1) is 16.4. The maximum atomic E-state index is 13.7. The number of furan rings is 1. The normalized spacial score (nSPS) is 16.0. The number of aliphatic hydroxyl groups excluding tert-OH is 1. The first-order valence-electron chi connectivity index (χ1n) is 10.5. The van der Waals surface area contributed by atoms with E-state index in [1.54, 1.807) is 36.4 Å². The van der Waals surface area contributed by atoms with Gasteiger partial charge in [0.25, 0.3) is 5.91 Å². The summed E-state index contributed by atoms with van der Waals surface area (Å²) in [5.41, 5.74) is 1.92. The highest BCUT2D eigenvalue weighted by Crippen LogP contribution is 2.43. The second-order valence-corrected chi connectivity index (χ2v) is 8.96. The van der Waals surface area contributed by atoms with Gasteiger partial charge in [-0.15, -0.1) is 11.3 Å². The molecule has 34 heavy (non-hydrogen) atoms. The zero-order chi connectivity index (χ0) is 24.0. The van der Waals surface area contributed by atoms with Crippen molar-refractivity contribution in [2.45, 2.75) is 19.5 Å². The van der Waals surface area contributed by atoms with Gasteiger partial charge in [-0.25, -0.2) is 4.39 Å². The number of fused-ring (bicyclic) bond motifs is 1. The fourth-order valence-corrected chi connectivity index (χ4v) is 5.26. The number of para-hydroxylation sites is 1. The van der Waals surface area contributed by atoms with Crippen LogP contribution >= 0.6 is 11.3 Å². The number of carbonyl (C=O) groups excluding carboxylic acids is 2. The van der Waals surface area contributed by atoms with Crippen LogP contribution in [0.15, 0.2) is 75.7 Å². The molecule has 1 atom stereocenters. The Kier molecular flexibility index (Phi) is 5.45. The molecule has 6 nitrogen and oxygen atoms in total. The summed E-state index contributed by atoms with van der Waals surface area (Å²) >= 11 is 1.39. The Balaban J connectivity index is 1.59. The van der Waals surface area contributed by atoms with Crippen LogP contribution in [0, 0.1) is 12.7 Å². The van der Waals surface area contributed by atoms with Crippen molar-refractivity contribution in [3.05, 3.63) is 98.9 Å². The number of amides is 1. The number of ketones is 1. The second-order valence-electron chi connectivity index (χ2n) is 8.01. The van der Waals surface area contributed by atoms with Crippen LogP contribution in [-0.4, -0.2) is 28.8 Å². The average Bonchev–Trinajstić information content (AvgIpc) is 3.52. The molecule has 2 aromatic heterocycles. The molecule has 5 rings (SSSR count). The summed E-state index contributed by atoms with van der Waals surface area (Å²) in [6.07, 6.45) is 0. The lowest BCUT2D eigenvalue weighted by Gasteiger charge is -2.26. The molecule has 0 saturated carbocycles. The monoisotopic (exact) mass is 477 g/mol. The van der Waals surface area contributed by atoms with Crippen LogP contribution in [0.1, 0.15) is 32.6 Å². The smallest absolute Gasteiger partial charge is 0.290 e. The van der Waals surface area contributed by atoms with Crippen LogP contribution in [0.2, 0.25) is 0 Å². The van der Waals surface area contributed by atoms with E-state index < -0.39 is 23.5 Å². The van der Waals surface area contributed by atoms with E-state index in [1.807, 2.05) is 18.4 Å². The molecular formula is C26H20FNO5S. The average molecular weight is 478 g/mol. The maximum Gasteiger partial charge on any atom is 0.290 e. The number of thiophene rings is 1. The molecule has 0 saturated heterocycles. The molecular weight excluding hydrogens is 457 g/mol. The molecule has 1 aliphatic heterocycles. The SMILES string of the molecule is COc1cccc2cc(C(=O)C3=C(O)C(=O)N(Cc4ccc(F)cc4)C3c3sccc3C)oc12. The first-order valence-corrected chi connectivity index (χ1v) is 11.4. The molecule has 0 fully saturated rings. The number of halogens is 1. The zero-order valence-electron chi connectivity index (χ0n) is 18.4. The second kappa shape index (κ2) is 8.46. The van der Waals surface area contributed by atoms with E-state index in [9.17, 15) is 19.1 Å². The number of nitrogens with zero attached hydrogens (tertiary/aromatic N) is 1. The van der Waals surface area contributed by atoms with E-state index >= 15 is 0 Å². The van der Waals surface area contributed by atoms with Gasteiger partial charge >= 0.3 is 0 Å². The molecule has 3 heterocycles. The molecule has 8 heteroatoms. The van der Waals surface area contributed by atoms with Gasteiger partial charge in [-0.3, -0.25) is 9.59 Å². The number of methoxy groups -OCH3 is 1. The summed E-state index contributed by atoms with van der Waals surface area (Å²) in [6, 6.07) is 13.7. The Morgan fingerprint density at radius 2 is 1.97 bits per heavy atom. The number of ether oxygens (including phenoxy) is 1. The van der Waals surface area contributed by atoms with Gasteiger partial charge < -0.3 is 19.2 Å². The lowest BCUT2D eigenvalue weighted by molar-refractivity contribution is -0.130. The molecule has 4 aromatic rings. The minimum Gasteiger partial charge on any atom is -0.503 e. The van der Waals surface area contributed by atoms with Crippen LogP contribution in [0.4, 0.5) is 4.39 Å². The van der Waals surface area contributed by atoms with Crippen LogP contribution in [0.5, 0.6) is 5.75 Å². The molecule has 0 bridgehead atoms.